The van der Waals surface area contributed by atoms with E-state index in [9.17, 15) is 4.79 Å². The first-order chi connectivity index (χ1) is 8.36. The Labute approximate surface area is 111 Å². The predicted molar refractivity (Wildman–Crippen MR) is 75.4 cm³/mol. The summed E-state index contributed by atoms with van der Waals surface area (Å²) in [5.41, 5.74) is 5.40. The number of nitrogens with two attached hydrogens (primary N) is 1. The highest BCUT2D eigenvalue weighted by Gasteiger charge is 2.31. The number of hydrogen-bond acceptors (Lipinski definition) is 3. The van der Waals surface area contributed by atoms with Crippen molar-refractivity contribution in [2.75, 3.05) is 33.7 Å². The first-order valence-corrected chi connectivity index (χ1v) is 7.09. The molecule has 1 saturated heterocycles. The molecule has 1 unspecified atom stereocenters. The summed E-state index contributed by atoms with van der Waals surface area (Å²) < 4.78 is 0. The van der Waals surface area contributed by atoms with E-state index in [-0.39, 0.29) is 5.91 Å². The van der Waals surface area contributed by atoms with Crippen LogP contribution in [-0.4, -0.2) is 55.0 Å². The molecule has 0 aromatic heterocycles. The SMILES string of the molecule is CCCC(C)(N)C(=O)N(C)CC1CCN(C)CC1. The third-order valence-corrected chi connectivity index (χ3v) is 3.97. The van der Waals surface area contributed by atoms with Gasteiger partial charge in [-0.1, -0.05) is 13.3 Å². The molecule has 0 spiro atoms. The number of amides is 1. The second-order valence-corrected chi connectivity index (χ2v) is 6.10. The van der Waals surface area contributed by atoms with Gasteiger partial charge in [0.25, 0.3) is 0 Å². The minimum Gasteiger partial charge on any atom is -0.344 e. The van der Waals surface area contributed by atoms with E-state index in [0.29, 0.717) is 5.92 Å². The van der Waals surface area contributed by atoms with E-state index in [0.717, 1.165) is 32.5 Å². The zero-order chi connectivity index (χ0) is 13.8. The van der Waals surface area contributed by atoms with Gasteiger partial charge in [0, 0.05) is 13.6 Å². The number of nitrogens with zero attached hydrogens (tertiary/aromatic N) is 2. The van der Waals surface area contributed by atoms with Gasteiger partial charge in [-0.2, -0.15) is 0 Å². The fourth-order valence-corrected chi connectivity index (χ4v) is 2.78. The zero-order valence-electron chi connectivity index (χ0n) is 12.4. The maximum absolute atomic E-state index is 12.3. The van der Waals surface area contributed by atoms with Crippen LogP contribution in [0.15, 0.2) is 0 Å². The van der Waals surface area contributed by atoms with Crippen LogP contribution in [0.5, 0.6) is 0 Å². The molecule has 1 atom stereocenters. The van der Waals surface area contributed by atoms with Crippen LogP contribution in [0.3, 0.4) is 0 Å². The van der Waals surface area contributed by atoms with Crippen molar-refractivity contribution in [3.63, 3.8) is 0 Å². The molecular weight excluding hydrogens is 226 g/mol. The van der Waals surface area contributed by atoms with E-state index < -0.39 is 5.54 Å². The second kappa shape index (κ2) is 6.53. The maximum Gasteiger partial charge on any atom is 0.242 e. The van der Waals surface area contributed by atoms with E-state index >= 15 is 0 Å². The third-order valence-electron chi connectivity index (χ3n) is 3.97. The summed E-state index contributed by atoms with van der Waals surface area (Å²) in [4.78, 5) is 16.5. The maximum atomic E-state index is 12.3. The van der Waals surface area contributed by atoms with Crippen molar-refractivity contribution in [2.24, 2.45) is 11.7 Å². The largest absolute Gasteiger partial charge is 0.344 e. The lowest BCUT2D eigenvalue weighted by atomic mass is 9.93. The standard InChI is InChI=1S/C14H29N3O/c1-5-8-14(2,15)13(18)17(4)11-12-6-9-16(3)10-7-12/h12H,5-11,15H2,1-4H3. The van der Waals surface area contributed by atoms with Crippen molar-refractivity contribution < 1.29 is 4.79 Å². The number of likely N-dealkylation sites (tertiary alicyclic amines) is 1. The van der Waals surface area contributed by atoms with Crippen molar-refractivity contribution in [2.45, 2.75) is 45.1 Å². The molecule has 18 heavy (non-hydrogen) atoms. The fourth-order valence-electron chi connectivity index (χ4n) is 2.78. The van der Waals surface area contributed by atoms with Gasteiger partial charge in [0.05, 0.1) is 5.54 Å². The van der Waals surface area contributed by atoms with Gasteiger partial charge in [0.2, 0.25) is 5.91 Å². The van der Waals surface area contributed by atoms with E-state index in [2.05, 4.69) is 18.9 Å². The van der Waals surface area contributed by atoms with E-state index in [1.165, 1.54) is 12.8 Å². The molecule has 1 rings (SSSR count). The highest BCUT2D eigenvalue weighted by molar-refractivity contribution is 5.85. The first-order valence-electron chi connectivity index (χ1n) is 7.09. The Morgan fingerprint density at radius 1 is 1.44 bits per heavy atom. The molecule has 2 N–H and O–H groups in total. The highest BCUT2D eigenvalue weighted by Crippen LogP contribution is 2.19. The van der Waals surface area contributed by atoms with Crippen LogP contribution >= 0.6 is 0 Å². The number of carbonyl (C=O) groups is 1. The second-order valence-electron chi connectivity index (χ2n) is 6.10. The number of likely N-dealkylation sites (N-methyl/N-ethyl adjacent to an activating group) is 1. The van der Waals surface area contributed by atoms with Crippen molar-refractivity contribution >= 4 is 5.91 Å². The minimum absolute atomic E-state index is 0.0864. The molecule has 0 aromatic rings. The molecule has 0 radical (unpaired) electrons. The van der Waals surface area contributed by atoms with Gasteiger partial charge in [0.1, 0.15) is 0 Å². The molecular formula is C14H29N3O. The average Bonchev–Trinajstić information content (AvgIpc) is 2.31. The van der Waals surface area contributed by atoms with Gasteiger partial charge in [-0.05, 0) is 52.2 Å². The molecule has 0 saturated carbocycles. The average molecular weight is 255 g/mol. The number of hydrogen-bond donors (Lipinski definition) is 1. The van der Waals surface area contributed by atoms with Crippen molar-refractivity contribution in [3.8, 4) is 0 Å². The topological polar surface area (TPSA) is 49.6 Å². The van der Waals surface area contributed by atoms with Gasteiger partial charge >= 0.3 is 0 Å². The van der Waals surface area contributed by atoms with Crippen molar-refractivity contribution in [3.05, 3.63) is 0 Å². The summed E-state index contributed by atoms with van der Waals surface area (Å²) in [7, 11) is 4.05. The third kappa shape index (κ3) is 4.25. The van der Waals surface area contributed by atoms with Gasteiger partial charge in [-0.15, -0.1) is 0 Å². The molecule has 1 aliphatic heterocycles. The van der Waals surface area contributed by atoms with Crippen molar-refractivity contribution in [1.29, 1.82) is 0 Å². The first kappa shape index (κ1) is 15.4. The van der Waals surface area contributed by atoms with Crippen LogP contribution in [0.1, 0.15) is 39.5 Å². The van der Waals surface area contributed by atoms with Crippen LogP contribution in [0.4, 0.5) is 0 Å². The summed E-state index contributed by atoms with van der Waals surface area (Å²) in [5.74, 6) is 0.718. The van der Waals surface area contributed by atoms with Crippen molar-refractivity contribution in [1.82, 2.24) is 9.80 Å². The van der Waals surface area contributed by atoms with Crippen LogP contribution in [0.2, 0.25) is 0 Å². The Balaban J connectivity index is 2.44. The highest BCUT2D eigenvalue weighted by atomic mass is 16.2. The molecule has 106 valence electrons. The normalized spacial score (nSPS) is 21.6. The van der Waals surface area contributed by atoms with E-state index in [4.69, 9.17) is 5.73 Å². The Morgan fingerprint density at radius 3 is 2.50 bits per heavy atom. The Bertz CT molecular complexity index is 270. The molecule has 4 nitrogen and oxygen atoms in total. The Kier molecular flexibility index (Phi) is 5.60. The molecule has 0 bridgehead atoms. The summed E-state index contributed by atoms with van der Waals surface area (Å²) in [6, 6.07) is 0. The van der Waals surface area contributed by atoms with Crippen LogP contribution in [-0.2, 0) is 4.79 Å². The molecule has 0 aliphatic carbocycles. The Hall–Kier alpha value is -0.610. The Morgan fingerprint density at radius 2 is 2.00 bits per heavy atom. The van der Waals surface area contributed by atoms with Crippen LogP contribution in [0, 0.1) is 5.92 Å². The number of piperidine rings is 1. The number of rotatable bonds is 5. The molecule has 1 heterocycles. The molecule has 1 aliphatic rings. The lowest BCUT2D eigenvalue weighted by Crippen LogP contribution is -2.53. The summed E-state index contributed by atoms with van der Waals surface area (Å²) in [6.07, 6.45) is 4.07. The van der Waals surface area contributed by atoms with Gasteiger partial charge in [0.15, 0.2) is 0 Å². The molecule has 4 heteroatoms. The quantitative estimate of drug-likeness (QED) is 0.805. The minimum atomic E-state index is -0.699. The lowest BCUT2D eigenvalue weighted by Gasteiger charge is -2.34. The smallest absolute Gasteiger partial charge is 0.242 e. The van der Waals surface area contributed by atoms with Gasteiger partial charge < -0.3 is 15.5 Å². The van der Waals surface area contributed by atoms with Gasteiger partial charge in [-0.25, -0.2) is 0 Å². The van der Waals surface area contributed by atoms with E-state index in [1.54, 1.807) is 0 Å². The van der Waals surface area contributed by atoms with E-state index in [1.807, 2.05) is 18.9 Å². The summed E-state index contributed by atoms with van der Waals surface area (Å²) in [6.45, 7) is 7.05. The fraction of sp³-hybridized carbons (Fsp3) is 0.929. The monoisotopic (exact) mass is 255 g/mol. The van der Waals surface area contributed by atoms with Crippen LogP contribution in [0.25, 0.3) is 0 Å². The summed E-state index contributed by atoms with van der Waals surface area (Å²) in [5, 5.41) is 0. The van der Waals surface area contributed by atoms with Gasteiger partial charge in [-0.3, -0.25) is 4.79 Å². The molecule has 0 aromatic carbocycles. The predicted octanol–water partition coefficient (Wildman–Crippen LogP) is 1.30. The molecule has 1 amide bonds. The van der Waals surface area contributed by atoms with Crippen LogP contribution < -0.4 is 5.73 Å². The number of carbonyl (C=O) groups excluding carboxylic acids is 1. The summed E-state index contributed by atoms with van der Waals surface area (Å²) >= 11 is 0. The zero-order valence-corrected chi connectivity index (χ0v) is 12.4. The molecule has 1 fully saturated rings. The lowest BCUT2D eigenvalue weighted by molar-refractivity contribution is -0.136.